The number of nitrogens with zero attached hydrogens (tertiary/aromatic N) is 2. The number of halogens is 1. The van der Waals surface area contributed by atoms with E-state index in [1.807, 2.05) is 30.3 Å². The SMILES string of the molecule is COc1nc(Cl)c(CSC(C)=O)n(Cc2ccccc2)c1=O. The molecule has 0 radical (unpaired) electrons. The van der Waals surface area contributed by atoms with Crippen molar-refractivity contribution >= 4 is 28.5 Å². The number of benzene rings is 1. The monoisotopic (exact) mass is 338 g/mol. The fraction of sp³-hybridized carbons (Fsp3) is 0.267. The summed E-state index contributed by atoms with van der Waals surface area (Å²) < 4.78 is 6.48. The summed E-state index contributed by atoms with van der Waals surface area (Å²) in [5.41, 5.74) is 1.09. The number of thioether (sulfide) groups is 1. The molecule has 0 saturated carbocycles. The van der Waals surface area contributed by atoms with Crippen molar-refractivity contribution in [2.24, 2.45) is 0 Å². The zero-order chi connectivity index (χ0) is 16.1. The Morgan fingerprint density at radius 3 is 2.64 bits per heavy atom. The number of carbonyl (C=O) groups excluding carboxylic acids is 1. The Bertz CT molecular complexity index is 732. The third-order valence-corrected chi connectivity index (χ3v) is 4.11. The minimum absolute atomic E-state index is 0.0504. The van der Waals surface area contributed by atoms with Crippen LogP contribution in [0.5, 0.6) is 5.88 Å². The van der Waals surface area contributed by atoms with Gasteiger partial charge in [-0.2, -0.15) is 4.98 Å². The van der Waals surface area contributed by atoms with Crippen LogP contribution in [0.2, 0.25) is 5.15 Å². The van der Waals surface area contributed by atoms with Gasteiger partial charge >= 0.3 is 5.56 Å². The normalized spacial score (nSPS) is 10.5. The number of rotatable bonds is 5. The molecule has 116 valence electrons. The number of aromatic nitrogens is 2. The molecule has 1 aromatic heterocycles. The van der Waals surface area contributed by atoms with Gasteiger partial charge in [0.2, 0.25) is 0 Å². The van der Waals surface area contributed by atoms with Crippen LogP contribution in [0.25, 0.3) is 0 Å². The van der Waals surface area contributed by atoms with Crippen LogP contribution in [0.4, 0.5) is 0 Å². The maximum Gasteiger partial charge on any atom is 0.313 e. The third-order valence-electron chi connectivity index (χ3n) is 2.98. The van der Waals surface area contributed by atoms with Gasteiger partial charge in [0.25, 0.3) is 5.88 Å². The first-order chi connectivity index (χ1) is 10.5. The molecule has 0 aliphatic carbocycles. The smallest absolute Gasteiger partial charge is 0.313 e. The van der Waals surface area contributed by atoms with Crippen LogP contribution < -0.4 is 10.3 Å². The largest absolute Gasteiger partial charge is 0.477 e. The first kappa shape index (κ1) is 16.6. The molecule has 1 heterocycles. The average Bonchev–Trinajstić information content (AvgIpc) is 2.50. The van der Waals surface area contributed by atoms with Crippen LogP contribution in [-0.2, 0) is 17.1 Å². The van der Waals surface area contributed by atoms with E-state index in [0.29, 0.717) is 12.2 Å². The summed E-state index contributed by atoms with van der Waals surface area (Å²) in [6, 6.07) is 9.51. The molecule has 0 N–H and O–H groups in total. The predicted octanol–water partition coefficient (Wildman–Crippen LogP) is 2.73. The Morgan fingerprint density at radius 2 is 2.05 bits per heavy atom. The molecule has 0 aliphatic heterocycles. The minimum atomic E-state index is -0.366. The van der Waals surface area contributed by atoms with E-state index in [4.69, 9.17) is 16.3 Å². The fourth-order valence-electron chi connectivity index (χ4n) is 1.92. The number of carbonyl (C=O) groups is 1. The molecule has 0 atom stereocenters. The van der Waals surface area contributed by atoms with E-state index in [1.54, 1.807) is 0 Å². The summed E-state index contributed by atoms with van der Waals surface area (Å²) in [6.07, 6.45) is 0. The van der Waals surface area contributed by atoms with Gasteiger partial charge in [-0.25, -0.2) is 0 Å². The highest BCUT2D eigenvalue weighted by Gasteiger charge is 2.17. The first-order valence-corrected chi connectivity index (χ1v) is 7.89. The number of hydrogen-bond acceptors (Lipinski definition) is 5. The highest BCUT2D eigenvalue weighted by Crippen LogP contribution is 2.21. The lowest BCUT2D eigenvalue weighted by atomic mass is 10.2. The Kier molecular flexibility index (Phi) is 5.63. The molecule has 0 aliphatic rings. The van der Waals surface area contributed by atoms with Gasteiger partial charge in [-0.05, 0) is 5.56 Å². The van der Waals surface area contributed by atoms with Crippen molar-refractivity contribution in [1.29, 1.82) is 0 Å². The fourth-order valence-corrected chi connectivity index (χ4v) is 2.88. The molecule has 5 nitrogen and oxygen atoms in total. The van der Waals surface area contributed by atoms with E-state index in [0.717, 1.165) is 17.3 Å². The second-order valence-corrected chi connectivity index (χ2v) is 6.03. The van der Waals surface area contributed by atoms with Crippen LogP contribution in [-0.4, -0.2) is 21.8 Å². The van der Waals surface area contributed by atoms with Crippen molar-refractivity contribution in [2.45, 2.75) is 19.2 Å². The lowest BCUT2D eigenvalue weighted by Gasteiger charge is -2.14. The summed E-state index contributed by atoms with van der Waals surface area (Å²) in [4.78, 5) is 27.6. The second-order valence-electron chi connectivity index (χ2n) is 4.52. The summed E-state index contributed by atoms with van der Waals surface area (Å²) in [7, 11) is 1.37. The molecule has 0 bridgehead atoms. The summed E-state index contributed by atoms with van der Waals surface area (Å²) in [6.45, 7) is 1.81. The lowest BCUT2D eigenvalue weighted by Crippen LogP contribution is -2.27. The maximum atomic E-state index is 12.4. The van der Waals surface area contributed by atoms with Crippen molar-refractivity contribution < 1.29 is 9.53 Å². The summed E-state index contributed by atoms with van der Waals surface area (Å²) in [5, 5.41) is 0.117. The molecule has 0 unspecified atom stereocenters. The molecule has 1 aromatic carbocycles. The number of methoxy groups -OCH3 is 1. The van der Waals surface area contributed by atoms with Crippen LogP contribution in [0, 0.1) is 0 Å². The topological polar surface area (TPSA) is 61.2 Å². The minimum Gasteiger partial charge on any atom is -0.477 e. The van der Waals surface area contributed by atoms with Crippen molar-refractivity contribution in [1.82, 2.24) is 9.55 Å². The Hall–Kier alpha value is -1.79. The van der Waals surface area contributed by atoms with Gasteiger partial charge in [-0.15, -0.1) is 0 Å². The molecular formula is C15H15ClN2O3S. The third kappa shape index (κ3) is 3.90. The Morgan fingerprint density at radius 1 is 1.36 bits per heavy atom. The quantitative estimate of drug-likeness (QED) is 0.839. The Balaban J connectivity index is 2.49. The molecule has 0 spiro atoms. The standard InChI is InChI=1S/C15H15ClN2O3S/c1-10(19)22-9-12-13(16)17-14(21-2)15(20)18(12)8-11-6-4-3-5-7-11/h3-7H,8-9H2,1-2H3. The highest BCUT2D eigenvalue weighted by molar-refractivity contribution is 8.12. The van der Waals surface area contributed by atoms with Gasteiger partial charge in [-0.1, -0.05) is 53.7 Å². The zero-order valence-corrected chi connectivity index (χ0v) is 13.8. The lowest BCUT2D eigenvalue weighted by molar-refractivity contribution is -0.109. The maximum absolute atomic E-state index is 12.4. The van der Waals surface area contributed by atoms with Crippen LogP contribution in [0.1, 0.15) is 18.2 Å². The number of ether oxygens (including phenoxy) is 1. The summed E-state index contributed by atoms with van der Waals surface area (Å²) >= 11 is 7.24. The van der Waals surface area contributed by atoms with Gasteiger partial charge in [0.05, 0.1) is 19.3 Å². The molecular weight excluding hydrogens is 324 g/mol. The van der Waals surface area contributed by atoms with Gasteiger partial charge in [0.1, 0.15) is 0 Å². The van der Waals surface area contributed by atoms with Crippen LogP contribution >= 0.6 is 23.4 Å². The highest BCUT2D eigenvalue weighted by atomic mass is 35.5. The van der Waals surface area contributed by atoms with E-state index >= 15 is 0 Å². The van der Waals surface area contributed by atoms with Crippen molar-refractivity contribution in [3.63, 3.8) is 0 Å². The van der Waals surface area contributed by atoms with E-state index in [2.05, 4.69) is 4.98 Å². The van der Waals surface area contributed by atoms with Gasteiger partial charge < -0.3 is 4.74 Å². The molecule has 22 heavy (non-hydrogen) atoms. The predicted molar refractivity (Wildman–Crippen MR) is 87.6 cm³/mol. The number of hydrogen-bond donors (Lipinski definition) is 0. The Labute approximate surface area is 137 Å². The molecule has 0 fully saturated rings. The molecule has 0 saturated heterocycles. The second kappa shape index (κ2) is 7.47. The van der Waals surface area contributed by atoms with Crippen LogP contribution in [0.3, 0.4) is 0 Å². The molecule has 7 heteroatoms. The van der Waals surface area contributed by atoms with Crippen molar-refractivity contribution in [3.05, 3.63) is 57.1 Å². The van der Waals surface area contributed by atoms with E-state index < -0.39 is 0 Å². The van der Waals surface area contributed by atoms with Gasteiger partial charge in [0.15, 0.2) is 10.3 Å². The van der Waals surface area contributed by atoms with Crippen molar-refractivity contribution in [2.75, 3.05) is 7.11 Å². The van der Waals surface area contributed by atoms with Gasteiger partial charge in [0, 0.05) is 12.7 Å². The average molecular weight is 339 g/mol. The molecule has 2 rings (SSSR count). The molecule has 0 amide bonds. The van der Waals surface area contributed by atoms with Crippen molar-refractivity contribution in [3.8, 4) is 5.88 Å². The van der Waals surface area contributed by atoms with E-state index in [9.17, 15) is 9.59 Å². The van der Waals surface area contributed by atoms with E-state index in [1.165, 1.54) is 18.6 Å². The van der Waals surface area contributed by atoms with Gasteiger partial charge in [-0.3, -0.25) is 14.2 Å². The van der Waals surface area contributed by atoms with E-state index in [-0.39, 0.29) is 27.5 Å². The molecule has 2 aromatic rings. The first-order valence-electron chi connectivity index (χ1n) is 6.53. The van der Waals surface area contributed by atoms with Crippen LogP contribution in [0.15, 0.2) is 35.1 Å². The summed E-state index contributed by atoms with van der Waals surface area (Å²) in [5.74, 6) is 0.227. The zero-order valence-electron chi connectivity index (χ0n) is 12.2.